The third-order valence-corrected chi connectivity index (χ3v) is 2.40. The number of aryl methyl sites for hydroxylation is 1. The van der Waals surface area contributed by atoms with Crippen LogP contribution >= 0.6 is 0 Å². The molecule has 1 amide bonds. The molecule has 1 N–H and O–H groups in total. The molecule has 1 aromatic heterocycles. The topological polar surface area (TPSA) is 59.8 Å². The highest BCUT2D eigenvalue weighted by Crippen LogP contribution is 2.28. The first-order chi connectivity index (χ1) is 6.77. The average Bonchev–Trinajstić information content (AvgIpc) is 2.93. The van der Waals surface area contributed by atoms with Crippen molar-refractivity contribution in [2.24, 2.45) is 13.0 Å². The van der Waals surface area contributed by atoms with Crippen LogP contribution in [0.3, 0.4) is 0 Å². The minimum atomic E-state index is 0.187. The number of amides is 1. The predicted molar refractivity (Wildman–Crippen MR) is 50.4 cm³/mol. The van der Waals surface area contributed by atoms with E-state index in [1.54, 1.807) is 6.33 Å². The number of nitrogens with zero attached hydrogens (tertiary/aromatic N) is 3. The molecule has 0 aliphatic heterocycles. The summed E-state index contributed by atoms with van der Waals surface area (Å²) in [5, 5.41) is 10.6. The third kappa shape index (κ3) is 2.10. The van der Waals surface area contributed by atoms with Gasteiger partial charge in [-0.25, -0.2) is 0 Å². The summed E-state index contributed by atoms with van der Waals surface area (Å²) in [6.45, 7) is 0.655. The molecule has 1 saturated carbocycles. The summed E-state index contributed by atoms with van der Waals surface area (Å²) in [6.07, 6.45) is 4.51. The van der Waals surface area contributed by atoms with E-state index in [-0.39, 0.29) is 11.8 Å². The lowest BCUT2D eigenvalue weighted by Gasteiger charge is -2.03. The molecule has 0 saturated heterocycles. The van der Waals surface area contributed by atoms with E-state index < -0.39 is 0 Å². The fourth-order valence-electron chi connectivity index (χ4n) is 1.32. The zero-order valence-electron chi connectivity index (χ0n) is 8.23. The summed E-state index contributed by atoms with van der Waals surface area (Å²) in [5.41, 5.74) is 0. The second kappa shape index (κ2) is 3.77. The molecule has 0 spiro atoms. The first-order valence-electron chi connectivity index (χ1n) is 4.88. The molecule has 1 aromatic rings. The van der Waals surface area contributed by atoms with Crippen LogP contribution in [0.4, 0.5) is 0 Å². The zero-order chi connectivity index (χ0) is 9.97. The van der Waals surface area contributed by atoms with Crippen molar-refractivity contribution in [1.29, 1.82) is 0 Å². The summed E-state index contributed by atoms with van der Waals surface area (Å²) in [6, 6.07) is 0. The molecule has 0 bridgehead atoms. The number of rotatable bonds is 4. The summed E-state index contributed by atoms with van der Waals surface area (Å²) in [7, 11) is 1.90. The van der Waals surface area contributed by atoms with Crippen LogP contribution in [0.15, 0.2) is 6.33 Å². The van der Waals surface area contributed by atoms with Gasteiger partial charge in [0.25, 0.3) is 0 Å². The molecule has 1 aliphatic carbocycles. The van der Waals surface area contributed by atoms with Crippen LogP contribution in [0.2, 0.25) is 0 Å². The normalized spacial score (nSPS) is 15.5. The average molecular weight is 194 g/mol. The fraction of sp³-hybridized carbons (Fsp3) is 0.667. The summed E-state index contributed by atoms with van der Waals surface area (Å²) >= 11 is 0. The van der Waals surface area contributed by atoms with Crippen LogP contribution in [0.25, 0.3) is 0 Å². The van der Waals surface area contributed by atoms with Gasteiger partial charge in [-0.15, -0.1) is 10.2 Å². The maximum absolute atomic E-state index is 11.3. The minimum Gasteiger partial charge on any atom is -0.355 e. The zero-order valence-corrected chi connectivity index (χ0v) is 8.23. The van der Waals surface area contributed by atoms with Crippen LogP contribution in [0, 0.1) is 5.92 Å². The fourth-order valence-corrected chi connectivity index (χ4v) is 1.32. The Morgan fingerprint density at radius 3 is 3.07 bits per heavy atom. The van der Waals surface area contributed by atoms with E-state index in [0.29, 0.717) is 6.54 Å². The molecular weight excluding hydrogens is 180 g/mol. The number of hydrogen-bond acceptors (Lipinski definition) is 3. The van der Waals surface area contributed by atoms with E-state index in [9.17, 15) is 4.79 Å². The van der Waals surface area contributed by atoms with Crippen LogP contribution in [0.5, 0.6) is 0 Å². The summed E-state index contributed by atoms with van der Waals surface area (Å²) in [5.74, 6) is 1.38. The van der Waals surface area contributed by atoms with Gasteiger partial charge in [0.1, 0.15) is 12.2 Å². The van der Waals surface area contributed by atoms with Crippen molar-refractivity contribution in [3.8, 4) is 0 Å². The molecule has 76 valence electrons. The molecular formula is C9H14N4O. The Hall–Kier alpha value is -1.39. The van der Waals surface area contributed by atoms with E-state index in [1.165, 1.54) is 0 Å². The molecule has 1 aliphatic rings. The van der Waals surface area contributed by atoms with Gasteiger partial charge in [0.2, 0.25) is 5.91 Å². The Labute approximate surface area is 82.5 Å². The van der Waals surface area contributed by atoms with Crippen LogP contribution in [0.1, 0.15) is 18.7 Å². The first kappa shape index (κ1) is 9.18. The van der Waals surface area contributed by atoms with E-state index in [4.69, 9.17) is 0 Å². The van der Waals surface area contributed by atoms with Crippen molar-refractivity contribution in [2.75, 3.05) is 6.54 Å². The van der Waals surface area contributed by atoms with Crippen LogP contribution in [-0.2, 0) is 18.3 Å². The second-order valence-electron chi connectivity index (χ2n) is 3.67. The summed E-state index contributed by atoms with van der Waals surface area (Å²) < 4.78 is 1.86. The Morgan fingerprint density at radius 1 is 1.71 bits per heavy atom. The number of aromatic nitrogens is 3. The molecule has 0 unspecified atom stereocenters. The van der Waals surface area contributed by atoms with Crippen molar-refractivity contribution < 1.29 is 4.79 Å². The van der Waals surface area contributed by atoms with Crippen molar-refractivity contribution in [3.63, 3.8) is 0 Å². The molecule has 1 heterocycles. The summed E-state index contributed by atoms with van der Waals surface area (Å²) in [4.78, 5) is 11.3. The smallest absolute Gasteiger partial charge is 0.223 e. The number of hydrogen-bond donors (Lipinski definition) is 1. The SMILES string of the molecule is Cn1cnnc1CCNC(=O)C1CC1. The van der Waals surface area contributed by atoms with Gasteiger partial charge in [-0.2, -0.15) is 0 Å². The highest BCUT2D eigenvalue weighted by atomic mass is 16.2. The minimum absolute atomic E-state index is 0.187. The highest BCUT2D eigenvalue weighted by molar-refractivity contribution is 5.80. The largest absolute Gasteiger partial charge is 0.355 e. The van der Waals surface area contributed by atoms with Gasteiger partial charge in [-0.05, 0) is 12.8 Å². The number of carbonyl (C=O) groups excluding carboxylic acids is 1. The van der Waals surface area contributed by atoms with Crippen LogP contribution in [-0.4, -0.2) is 27.2 Å². The maximum atomic E-state index is 11.3. The molecule has 0 aromatic carbocycles. The van der Waals surface area contributed by atoms with Crippen molar-refractivity contribution in [2.45, 2.75) is 19.3 Å². The van der Waals surface area contributed by atoms with E-state index in [1.807, 2.05) is 11.6 Å². The van der Waals surface area contributed by atoms with Gasteiger partial charge in [-0.3, -0.25) is 4.79 Å². The first-order valence-corrected chi connectivity index (χ1v) is 4.88. The second-order valence-corrected chi connectivity index (χ2v) is 3.67. The van der Waals surface area contributed by atoms with Crippen molar-refractivity contribution in [1.82, 2.24) is 20.1 Å². The van der Waals surface area contributed by atoms with Gasteiger partial charge in [-0.1, -0.05) is 0 Å². The molecule has 14 heavy (non-hydrogen) atoms. The molecule has 0 radical (unpaired) electrons. The lowest BCUT2D eigenvalue weighted by molar-refractivity contribution is -0.122. The van der Waals surface area contributed by atoms with Gasteiger partial charge >= 0.3 is 0 Å². The van der Waals surface area contributed by atoms with Gasteiger partial charge in [0.15, 0.2) is 0 Å². The Morgan fingerprint density at radius 2 is 2.50 bits per heavy atom. The lowest BCUT2D eigenvalue weighted by Crippen LogP contribution is -2.27. The molecule has 5 nitrogen and oxygen atoms in total. The monoisotopic (exact) mass is 194 g/mol. The molecule has 2 rings (SSSR count). The third-order valence-electron chi connectivity index (χ3n) is 2.40. The van der Waals surface area contributed by atoms with E-state index in [0.717, 1.165) is 25.1 Å². The predicted octanol–water partition coefficient (Wildman–Crippen LogP) is -0.116. The van der Waals surface area contributed by atoms with Crippen molar-refractivity contribution >= 4 is 5.91 Å². The van der Waals surface area contributed by atoms with Crippen LogP contribution < -0.4 is 5.32 Å². The van der Waals surface area contributed by atoms with E-state index >= 15 is 0 Å². The lowest BCUT2D eigenvalue weighted by atomic mass is 10.3. The molecule has 0 atom stereocenters. The van der Waals surface area contributed by atoms with Gasteiger partial charge in [0, 0.05) is 25.9 Å². The van der Waals surface area contributed by atoms with Crippen molar-refractivity contribution in [3.05, 3.63) is 12.2 Å². The number of carbonyl (C=O) groups is 1. The molecule has 5 heteroatoms. The Kier molecular flexibility index (Phi) is 2.47. The number of nitrogens with one attached hydrogen (secondary N) is 1. The molecule has 1 fully saturated rings. The Bertz CT molecular complexity index is 329. The van der Waals surface area contributed by atoms with Gasteiger partial charge < -0.3 is 9.88 Å². The highest BCUT2D eigenvalue weighted by Gasteiger charge is 2.29. The standard InChI is InChI=1S/C9H14N4O/c1-13-6-11-12-8(13)4-5-10-9(14)7-2-3-7/h6-7H,2-5H2,1H3,(H,10,14). The Balaban J connectivity index is 1.72. The maximum Gasteiger partial charge on any atom is 0.223 e. The quantitative estimate of drug-likeness (QED) is 0.727. The van der Waals surface area contributed by atoms with E-state index in [2.05, 4.69) is 15.5 Å². The van der Waals surface area contributed by atoms with Gasteiger partial charge in [0.05, 0.1) is 0 Å².